The minimum absolute atomic E-state index is 0.0783. The van der Waals surface area contributed by atoms with Gasteiger partial charge in [0.1, 0.15) is 0 Å². The molecular weight excluding hydrogens is 368 g/mol. The molecule has 29 heavy (non-hydrogen) atoms. The van der Waals surface area contributed by atoms with Crippen molar-refractivity contribution in [3.05, 3.63) is 71.8 Å². The summed E-state index contributed by atoms with van der Waals surface area (Å²) in [4.78, 5) is 38.6. The van der Waals surface area contributed by atoms with Crippen molar-refractivity contribution in [3.63, 3.8) is 0 Å². The molecule has 0 aliphatic carbocycles. The first-order valence-electron chi connectivity index (χ1n) is 9.81. The van der Waals surface area contributed by atoms with Crippen LogP contribution >= 0.6 is 0 Å². The molecule has 1 N–H and O–H groups in total. The SMILES string of the molecule is C[C@H](NC(=O)COC(=O)[C@H]1CC(=O)N([C@H](C)c2ccccc2)C1)c1ccccc1. The van der Waals surface area contributed by atoms with Crippen molar-refractivity contribution in [1.82, 2.24) is 10.2 Å². The number of nitrogens with zero attached hydrogens (tertiary/aromatic N) is 1. The van der Waals surface area contributed by atoms with Crippen molar-refractivity contribution in [1.29, 1.82) is 0 Å². The maximum absolute atomic E-state index is 12.4. The van der Waals surface area contributed by atoms with E-state index in [1.807, 2.05) is 74.5 Å². The van der Waals surface area contributed by atoms with Gasteiger partial charge >= 0.3 is 5.97 Å². The molecule has 1 fully saturated rings. The second-order valence-electron chi connectivity index (χ2n) is 7.34. The number of hydrogen-bond acceptors (Lipinski definition) is 4. The lowest BCUT2D eigenvalue weighted by molar-refractivity contribution is -0.152. The van der Waals surface area contributed by atoms with Crippen molar-refractivity contribution < 1.29 is 19.1 Å². The van der Waals surface area contributed by atoms with E-state index in [1.165, 1.54) is 0 Å². The summed E-state index contributed by atoms with van der Waals surface area (Å²) in [6.45, 7) is 3.76. The predicted molar refractivity (Wildman–Crippen MR) is 109 cm³/mol. The summed E-state index contributed by atoms with van der Waals surface area (Å²) < 4.78 is 5.18. The number of benzene rings is 2. The standard InChI is InChI=1S/C23H26N2O4/c1-16(18-9-5-3-6-10-18)24-21(26)15-29-23(28)20-13-22(27)25(14-20)17(2)19-11-7-4-8-12-19/h3-12,16-17,20H,13-15H2,1-2H3,(H,24,26)/t16-,17+,20-/m0/s1. The zero-order valence-electron chi connectivity index (χ0n) is 16.7. The molecule has 2 amide bonds. The summed E-state index contributed by atoms with van der Waals surface area (Å²) in [5.41, 5.74) is 1.99. The van der Waals surface area contributed by atoms with Crippen molar-refractivity contribution in [2.75, 3.05) is 13.2 Å². The summed E-state index contributed by atoms with van der Waals surface area (Å²) in [6.07, 6.45) is 0.109. The Morgan fingerprint density at radius 3 is 2.24 bits per heavy atom. The van der Waals surface area contributed by atoms with Crippen molar-refractivity contribution in [3.8, 4) is 0 Å². The van der Waals surface area contributed by atoms with E-state index in [0.29, 0.717) is 6.54 Å². The monoisotopic (exact) mass is 394 g/mol. The molecule has 0 aromatic heterocycles. The molecule has 0 saturated carbocycles. The predicted octanol–water partition coefficient (Wildman–Crippen LogP) is 3.02. The van der Waals surface area contributed by atoms with Crippen LogP contribution in [-0.4, -0.2) is 35.8 Å². The molecule has 3 atom stereocenters. The lowest BCUT2D eigenvalue weighted by Crippen LogP contribution is -2.33. The minimum Gasteiger partial charge on any atom is -0.455 e. The first-order valence-corrected chi connectivity index (χ1v) is 9.81. The van der Waals surface area contributed by atoms with E-state index < -0.39 is 11.9 Å². The van der Waals surface area contributed by atoms with Gasteiger partial charge < -0.3 is 15.0 Å². The maximum atomic E-state index is 12.4. The van der Waals surface area contributed by atoms with Gasteiger partial charge in [0, 0.05) is 13.0 Å². The Morgan fingerprint density at radius 1 is 1.03 bits per heavy atom. The zero-order valence-corrected chi connectivity index (χ0v) is 16.7. The molecular formula is C23H26N2O4. The molecule has 6 nitrogen and oxygen atoms in total. The highest BCUT2D eigenvalue weighted by atomic mass is 16.5. The Morgan fingerprint density at radius 2 is 1.62 bits per heavy atom. The lowest BCUT2D eigenvalue weighted by Gasteiger charge is -2.25. The Bertz CT molecular complexity index is 854. The van der Waals surface area contributed by atoms with E-state index in [9.17, 15) is 14.4 Å². The molecule has 0 radical (unpaired) electrons. The molecule has 152 valence electrons. The number of rotatable bonds is 7. The topological polar surface area (TPSA) is 75.7 Å². The molecule has 6 heteroatoms. The average Bonchev–Trinajstić information content (AvgIpc) is 3.14. The normalized spacial score (nSPS) is 18.2. The van der Waals surface area contributed by atoms with E-state index >= 15 is 0 Å². The van der Waals surface area contributed by atoms with Gasteiger partial charge in [0.25, 0.3) is 5.91 Å². The summed E-state index contributed by atoms with van der Waals surface area (Å²) in [7, 11) is 0. The van der Waals surface area contributed by atoms with E-state index in [-0.39, 0.29) is 36.9 Å². The molecule has 2 aromatic rings. The van der Waals surface area contributed by atoms with Crippen LogP contribution in [0.25, 0.3) is 0 Å². The Kier molecular flexibility index (Phi) is 6.65. The molecule has 0 spiro atoms. The van der Waals surface area contributed by atoms with E-state index in [4.69, 9.17) is 4.74 Å². The second-order valence-corrected chi connectivity index (χ2v) is 7.34. The van der Waals surface area contributed by atoms with E-state index in [2.05, 4.69) is 5.32 Å². The highest BCUT2D eigenvalue weighted by Crippen LogP contribution is 2.29. The van der Waals surface area contributed by atoms with Gasteiger partial charge in [0.15, 0.2) is 6.61 Å². The number of esters is 1. The van der Waals surface area contributed by atoms with Gasteiger partial charge in [-0.1, -0.05) is 60.7 Å². The van der Waals surface area contributed by atoms with Crippen molar-refractivity contribution in [2.24, 2.45) is 5.92 Å². The van der Waals surface area contributed by atoms with Crippen LogP contribution in [0.2, 0.25) is 0 Å². The van der Waals surface area contributed by atoms with Gasteiger partial charge in [-0.05, 0) is 25.0 Å². The average molecular weight is 394 g/mol. The number of amides is 2. The summed E-state index contributed by atoms with van der Waals surface area (Å²) in [5.74, 6) is -1.50. The van der Waals surface area contributed by atoms with E-state index in [0.717, 1.165) is 11.1 Å². The van der Waals surface area contributed by atoms with Crippen LogP contribution in [0.15, 0.2) is 60.7 Å². The molecule has 1 aliphatic heterocycles. The Hall–Kier alpha value is -3.15. The quantitative estimate of drug-likeness (QED) is 0.733. The summed E-state index contributed by atoms with van der Waals surface area (Å²) in [6, 6.07) is 18.9. The van der Waals surface area contributed by atoms with Gasteiger partial charge in [-0.15, -0.1) is 0 Å². The number of hydrogen-bond donors (Lipinski definition) is 1. The number of carbonyl (C=O) groups is 3. The third kappa shape index (κ3) is 5.22. The molecule has 1 aliphatic rings. The fourth-order valence-electron chi connectivity index (χ4n) is 3.54. The third-order valence-electron chi connectivity index (χ3n) is 5.26. The zero-order chi connectivity index (χ0) is 20.8. The molecule has 1 saturated heterocycles. The molecule has 0 bridgehead atoms. The van der Waals surface area contributed by atoms with Gasteiger partial charge in [-0.2, -0.15) is 0 Å². The van der Waals surface area contributed by atoms with Crippen LogP contribution in [0.3, 0.4) is 0 Å². The second kappa shape index (κ2) is 9.37. The smallest absolute Gasteiger partial charge is 0.311 e. The largest absolute Gasteiger partial charge is 0.455 e. The number of nitrogens with one attached hydrogen (secondary N) is 1. The van der Waals surface area contributed by atoms with Gasteiger partial charge in [-0.3, -0.25) is 14.4 Å². The minimum atomic E-state index is -0.548. The Balaban J connectivity index is 1.48. The fourth-order valence-corrected chi connectivity index (χ4v) is 3.54. The van der Waals surface area contributed by atoms with Gasteiger partial charge in [-0.25, -0.2) is 0 Å². The number of ether oxygens (including phenoxy) is 1. The molecule has 2 aromatic carbocycles. The first-order chi connectivity index (χ1) is 14.0. The van der Waals surface area contributed by atoms with Crippen LogP contribution in [0, 0.1) is 5.92 Å². The van der Waals surface area contributed by atoms with Crippen molar-refractivity contribution >= 4 is 17.8 Å². The van der Waals surface area contributed by atoms with Crippen LogP contribution in [0.4, 0.5) is 0 Å². The first kappa shape index (κ1) is 20.6. The number of likely N-dealkylation sites (tertiary alicyclic amines) is 1. The molecule has 3 rings (SSSR count). The fraction of sp³-hybridized carbons (Fsp3) is 0.348. The highest BCUT2D eigenvalue weighted by molar-refractivity contribution is 5.88. The van der Waals surface area contributed by atoms with Crippen LogP contribution in [-0.2, 0) is 19.1 Å². The van der Waals surface area contributed by atoms with Crippen molar-refractivity contribution in [2.45, 2.75) is 32.4 Å². The van der Waals surface area contributed by atoms with Crippen LogP contribution < -0.4 is 5.32 Å². The summed E-state index contributed by atoms with van der Waals surface area (Å²) >= 11 is 0. The van der Waals surface area contributed by atoms with Gasteiger partial charge in [0.05, 0.1) is 18.0 Å². The number of carbonyl (C=O) groups excluding carboxylic acids is 3. The highest BCUT2D eigenvalue weighted by Gasteiger charge is 2.38. The molecule has 0 unspecified atom stereocenters. The van der Waals surface area contributed by atoms with Crippen LogP contribution in [0.1, 0.15) is 43.5 Å². The van der Waals surface area contributed by atoms with Crippen LogP contribution in [0.5, 0.6) is 0 Å². The van der Waals surface area contributed by atoms with E-state index in [1.54, 1.807) is 4.90 Å². The van der Waals surface area contributed by atoms with Gasteiger partial charge in [0.2, 0.25) is 5.91 Å². The maximum Gasteiger partial charge on any atom is 0.311 e. The third-order valence-corrected chi connectivity index (χ3v) is 5.26. The lowest BCUT2D eigenvalue weighted by atomic mass is 10.1. The molecule has 1 heterocycles. The Labute approximate surface area is 170 Å². The summed E-state index contributed by atoms with van der Waals surface area (Å²) in [5, 5.41) is 2.81.